The van der Waals surface area contributed by atoms with Gasteiger partial charge < -0.3 is 27.0 Å². The van der Waals surface area contributed by atoms with E-state index in [1.807, 2.05) is 36.4 Å². The second-order valence-corrected chi connectivity index (χ2v) is 14.9. The Bertz CT molecular complexity index is 1720. The van der Waals surface area contributed by atoms with Crippen molar-refractivity contribution in [2.75, 3.05) is 20.1 Å². The lowest BCUT2D eigenvalue weighted by atomic mass is 9.90. The van der Waals surface area contributed by atoms with E-state index in [0.717, 1.165) is 39.3 Å². The molecule has 2 aliphatic rings. The van der Waals surface area contributed by atoms with Crippen LogP contribution >= 0.6 is 35.0 Å². The molecule has 266 valence electrons. The fourth-order valence-corrected chi connectivity index (χ4v) is 8.45. The molecular formula is C39H47Cl2N5O3S. The zero-order valence-electron chi connectivity index (χ0n) is 28.6. The van der Waals surface area contributed by atoms with Gasteiger partial charge in [-0.15, -0.1) is 0 Å². The van der Waals surface area contributed by atoms with E-state index in [1.54, 1.807) is 24.1 Å². The average molecular weight is 737 g/mol. The Morgan fingerprint density at radius 3 is 2.36 bits per heavy atom. The lowest BCUT2D eigenvalue weighted by Gasteiger charge is -2.32. The number of nitrogens with one attached hydrogen (secondary N) is 2. The number of hydrogen-bond acceptors (Lipinski definition) is 7. The third kappa shape index (κ3) is 9.37. The van der Waals surface area contributed by atoms with Gasteiger partial charge in [-0.3, -0.25) is 14.4 Å². The van der Waals surface area contributed by atoms with Crippen LogP contribution in [0.1, 0.15) is 67.2 Å². The predicted molar refractivity (Wildman–Crippen MR) is 203 cm³/mol. The Hall–Kier alpha value is -3.18. The summed E-state index contributed by atoms with van der Waals surface area (Å²) in [6.07, 6.45) is 6.43. The molecule has 0 radical (unpaired) electrons. The van der Waals surface area contributed by atoms with Crippen molar-refractivity contribution in [2.24, 2.45) is 17.4 Å². The summed E-state index contributed by atoms with van der Waals surface area (Å²) in [5, 5.41) is 7.59. The Kier molecular flexibility index (Phi) is 14.0. The first-order chi connectivity index (χ1) is 24.2. The summed E-state index contributed by atoms with van der Waals surface area (Å²) in [6, 6.07) is 18.2. The van der Waals surface area contributed by atoms with Gasteiger partial charge in [0.1, 0.15) is 6.04 Å². The van der Waals surface area contributed by atoms with Gasteiger partial charge in [0.25, 0.3) is 0 Å². The molecule has 8 nitrogen and oxygen atoms in total. The van der Waals surface area contributed by atoms with E-state index in [1.165, 1.54) is 17.3 Å². The van der Waals surface area contributed by atoms with Crippen LogP contribution in [0.2, 0.25) is 10.0 Å². The highest BCUT2D eigenvalue weighted by Crippen LogP contribution is 2.41. The molecule has 50 heavy (non-hydrogen) atoms. The summed E-state index contributed by atoms with van der Waals surface area (Å²) >= 11 is 15.1. The van der Waals surface area contributed by atoms with E-state index in [-0.39, 0.29) is 30.6 Å². The van der Waals surface area contributed by atoms with Crippen LogP contribution in [-0.4, -0.2) is 54.7 Å². The molecule has 1 heterocycles. The van der Waals surface area contributed by atoms with Crippen LogP contribution in [0.15, 0.2) is 76.5 Å². The number of benzene rings is 3. The predicted octanol–water partition coefficient (Wildman–Crippen LogP) is 6.53. The highest BCUT2D eigenvalue weighted by Gasteiger charge is 2.35. The van der Waals surface area contributed by atoms with Gasteiger partial charge in [0.2, 0.25) is 11.8 Å². The molecule has 3 aromatic carbocycles. The van der Waals surface area contributed by atoms with Crippen molar-refractivity contribution in [3.8, 4) is 0 Å². The van der Waals surface area contributed by atoms with Crippen molar-refractivity contribution in [3.05, 3.63) is 99.0 Å². The fraction of sp³-hybridized carbons (Fsp3) is 0.410. The SMILES string of the molecule is CN1C(=O)[C@H](CCCCN)CC(=O)[C@H](CCCN)NCc2ccccc2Sc2c(Cl)ccc(Cl)c2CNC(=O)[C@@H]1CC1=CCc2ccccc21. The Balaban J connectivity index is 1.56. The molecule has 0 saturated carbocycles. The van der Waals surface area contributed by atoms with E-state index in [2.05, 4.69) is 28.8 Å². The first-order valence-electron chi connectivity index (χ1n) is 17.4. The van der Waals surface area contributed by atoms with Gasteiger partial charge in [-0.05, 0) is 85.7 Å². The quantitative estimate of drug-likeness (QED) is 0.184. The molecule has 6 N–H and O–H groups in total. The van der Waals surface area contributed by atoms with E-state index in [4.69, 9.17) is 34.7 Å². The monoisotopic (exact) mass is 735 g/mol. The summed E-state index contributed by atoms with van der Waals surface area (Å²) in [5.74, 6) is -1.18. The number of allylic oxidation sites excluding steroid dienone is 1. The van der Waals surface area contributed by atoms with Crippen LogP contribution in [0.3, 0.4) is 0 Å². The normalized spacial score (nSPS) is 20.4. The van der Waals surface area contributed by atoms with Crippen molar-refractivity contribution in [1.29, 1.82) is 0 Å². The molecule has 5 rings (SSSR count). The van der Waals surface area contributed by atoms with Crippen LogP contribution in [0.25, 0.3) is 5.57 Å². The van der Waals surface area contributed by atoms with Gasteiger partial charge in [0.05, 0.1) is 11.1 Å². The number of carbonyl (C=O) groups is 3. The Labute approximate surface area is 309 Å². The molecule has 1 aliphatic heterocycles. The Morgan fingerprint density at radius 1 is 0.860 bits per heavy atom. The number of likely N-dealkylation sites (N-methyl/N-ethyl adjacent to an activating group) is 1. The van der Waals surface area contributed by atoms with E-state index in [0.29, 0.717) is 67.3 Å². The lowest BCUT2D eigenvalue weighted by Crippen LogP contribution is -2.50. The molecule has 0 unspecified atom stereocenters. The molecule has 0 aromatic heterocycles. The molecule has 0 fully saturated rings. The van der Waals surface area contributed by atoms with Crippen LogP contribution in [0, 0.1) is 5.92 Å². The van der Waals surface area contributed by atoms with Crippen molar-refractivity contribution >= 4 is 58.1 Å². The summed E-state index contributed by atoms with van der Waals surface area (Å²) in [6.45, 7) is 1.49. The summed E-state index contributed by atoms with van der Waals surface area (Å²) in [7, 11) is 1.68. The molecule has 0 bridgehead atoms. The number of carbonyl (C=O) groups excluding carboxylic acids is 3. The number of unbranched alkanes of at least 4 members (excludes halogenated alkanes) is 1. The summed E-state index contributed by atoms with van der Waals surface area (Å²) in [5.41, 5.74) is 16.7. The standard InChI is InChI=1S/C39H47Cl2N5O3S/c1-46-34(21-26-16-15-25-9-2-4-12-29(25)26)38(48)45-24-30-31(40)17-18-32(41)37(30)50-36-14-5-3-11-28(36)23-44-33(13-8-20-43)35(47)22-27(39(46)49)10-6-7-19-42/h2-5,9,11-12,14,16-18,27,33-34,44H,6-8,10,13,15,19-24,42-43H2,1H3,(H,45,48)/t27-,33+,34+/m1/s1. The van der Waals surface area contributed by atoms with Crippen molar-refractivity contribution in [3.63, 3.8) is 0 Å². The van der Waals surface area contributed by atoms with Crippen molar-refractivity contribution < 1.29 is 14.4 Å². The molecule has 3 atom stereocenters. The average Bonchev–Trinajstić information content (AvgIpc) is 3.53. The molecule has 0 spiro atoms. The topological polar surface area (TPSA) is 131 Å². The maximum Gasteiger partial charge on any atom is 0.243 e. The zero-order chi connectivity index (χ0) is 35.6. The highest BCUT2D eigenvalue weighted by atomic mass is 35.5. The Morgan fingerprint density at radius 2 is 1.58 bits per heavy atom. The molecule has 3 aromatic rings. The van der Waals surface area contributed by atoms with E-state index >= 15 is 0 Å². The molecule has 2 amide bonds. The maximum absolute atomic E-state index is 14.5. The second-order valence-electron chi connectivity index (χ2n) is 13.0. The van der Waals surface area contributed by atoms with E-state index < -0.39 is 18.0 Å². The maximum atomic E-state index is 14.5. The largest absolute Gasteiger partial charge is 0.350 e. The number of amides is 2. The van der Waals surface area contributed by atoms with E-state index in [9.17, 15) is 14.4 Å². The van der Waals surface area contributed by atoms with Gasteiger partial charge in [-0.2, -0.15) is 0 Å². The minimum absolute atomic E-state index is 0.0407. The summed E-state index contributed by atoms with van der Waals surface area (Å²) < 4.78 is 0. The number of nitrogens with two attached hydrogens (primary N) is 2. The minimum atomic E-state index is -0.830. The van der Waals surface area contributed by atoms with Crippen LogP contribution in [0.4, 0.5) is 0 Å². The number of halogens is 2. The number of Topliss-reactive ketones (excluding diaryl/α,β-unsaturated/α-hetero) is 1. The van der Waals surface area contributed by atoms with Crippen molar-refractivity contribution in [1.82, 2.24) is 15.5 Å². The van der Waals surface area contributed by atoms with Crippen LogP contribution in [0.5, 0.6) is 0 Å². The van der Waals surface area contributed by atoms with Crippen LogP contribution < -0.4 is 22.1 Å². The van der Waals surface area contributed by atoms with Gasteiger partial charge in [-0.25, -0.2) is 0 Å². The van der Waals surface area contributed by atoms with Gasteiger partial charge in [-0.1, -0.05) is 89.9 Å². The van der Waals surface area contributed by atoms with Crippen molar-refractivity contribution in [2.45, 2.75) is 86.3 Å². The smallest absolute Gasteiger partial charge is 0.243 e. The lowest BCUT2D eigenvalue weighted by molar-refractivity contribution is -0.143. The number of rotatable bonds is 9. The van der Waals surface area contributed by atoms with Gasteiger partial charge >= 0.3 is 0 Å². The number of hydrogen-bond donors (Lipinski definition) is 4. The fourth-order valence-electron chi connectivity index (χ4n) is 6.77. The molecule has 0 saturated heterocycles. The molecule has 11 heteroatoms. The molecule has 1 aliphatic carbocycles. The second kappa shape index (κ2) is 18.4. The number of fused-ring (bicyclic) bond motifs is 3. The minimum Gasteiger partial charge on any atom is -0.350 e. The third-order valence-electron chi connectivity index (χ3n) is 9.67. The molecular weight excluding hydrogens is 689 g/mol. The number of nitrogens with zero attached hydrogens (tertiary/aromatic N) is 1. The van der Waals surface area contributed by atoms with Gasteiger partial charge in [0.15, 0.2) is 5.78 Å². The van der Waals surface area contributed by atoms with Crippen LogP contribution in [-0.2, 0) is 33.9 Å². The van der Waals surface area contributed by atoms with Gasteiger partial charge in [0, 0.05) is 59.3 Å². The summed E-state index contributed by atoms with van der Waals surface area (Å²) in [4.78, 5) is 46.0. The third-order valence-corrected chi connectivity index (χ3v) is 11.7. The first-order valence-corrected chi connectivity index (χ1v) is 19.0. The first kappa shape index (κ1) is 38.1. The highest BCUT2D eigenvalue weighted by molar-refractivity contribution is 7.99. The zero-order valence-corrected chi connectivity index (χ0v) is 30.9. The number of ketones is 1.